The number of aliphatic hydroxyl groups excluding tert-OH is 1. The van der Waals surface area contributed by atoms with Crippen LogP contribution in [0.1, 0.15) is 13.3 Å². The number of aromatic nitrogens is 1. The monoisotopic (exact) mass is 184 g/mol. The van der Waals surface area contributed by atoms with Crippen LogP contribution in [-0.4, -0.2) is 22.7 Å². The minimum atomic E-state index is -0.499. The topological polar surface area (TPSA) is 45.1 Å². The van der Waals surface area contributed by atoms with Crippen molar-refractivity contribution in [2.45, 2.75) is 19.4 Å². The Morgan fingerprint density at radius 1 is 1.69 bits per heavy atom. The van der Waals surface area contributed by atoms with Crippen LogP contribution in [0.5, 0.6) is 0 Å². The van der Waals surface area contributed by atoms with Gasteiger partial charge in [-0.2, -0.15) is 4.39 Å². The third kappa shape index (κ3) is 3.38. The number of halogens is 1. The molecule has 0 aliphatic heterocycles. The number of hydrogen-bond donors (Lipinski definition) is 2. The van der Waals surface area contributed by atoms with Gasteiger partial charge < -0.3 is 10.4 Å². The van der Waals surface area contributed by atoms with Crippen molar-refractivity contribution in [1.29, 1.82) is 0 Å². The normalized spacial score (nSPS) is 12.5. The van der Waals surface area contributed by atoms with Crippen LogP contribution >= 0.6 is 0 Å². The van der Waals surface area contributed by atoms with Crippen molar-refractivity contribution in [3.63, 3.8) is 0 Å². The van der Waals surface area contributed by atoms with Gasteiger partial charge in [0.1, 0.15) is 0 Å². The first kappa shape index (κ1) is 9.92. The molecule has 1 heterocycles. The summed E-state index contributed by atoms with van der Waals surface area (Å²) in [6, 6.07) is 3.15. The second kappa shape index (κ2) is 4.77. The summed E-state index contributed by atoms with van der Waals surface area (Å²) in [7, 11) is 0. The predicted octanol–water partition coefficient (Wildman–Crippen LogP) is 1.40. The van der Waals surface area contributed by atoms with Crippen LogP contribution in [0, 0.1) is 5.95 Å². The Bertz CT molecular complexity index is 268. The second-order valence-corrected chi connectivity index (χ2v) is 2.92. The molecule has 1 atom stereocenters. The van der Waals surface area contributed by atoms with E-state index in [1.54, 1.807) is 6.07 Å². The Morgan fingerprint density at radius 3 is 3.08 bits per heavy atom. The average Bonchev–Trinajstić information content (AvgIpc) is 2.04. The first-order chi connectivity index (χ1) is 6.22. The molecule has 1 rings (SSSR count). The molecule has 0 fully saturated rings. The number of anilines is 1. The summed E-state index contributed by atoms with van der Waals surface area (Å²) in [5.41, 5.74) is 0.688. The molecule has 0 saturated carbocycles. The Hall–Kier alpha value is -1.16. The molecule has 3 nitrogen and oxygen atoms in total. The fourth-order valence-corrected chi connectivity index (χ4v) is 1.04. The lowest BCUT2D eigenvalue weighted by molar-refractivity contribution is 0.282. The zero-order chi connectivity index (χ0) is 9.68. The standard InChI is InChI=1S/C9H13FN2O/c1-7(3-5-13)12-8-2-4-11-9(10)6-8/h2,4,6-7,13H,3,5H2,1H3,(H,11,12). The van der Waals surface area contributed by atoms with Gasteiger partial charge in [0.15, 0.2) is 0 Å². The summed E-state index contributed by atoms with van der Waals surface area (Å²) in [5, 5.41) is 11.7. The molecule has 0 saturated heterocycles. The summed E-state index contributed by atoms with van der Waals surface area (Å²) >= 11 is 0. The van der Waals surface area contributed by atoms with Crippen molar-refractivity contribution in [3.8, 4) is 0 Å². The van der Waals surface area contributed by atoms with Crippen LogP contribution in [0.3, 0.4) is 0 Å². The lowest BCUT2D eigenvalue weighted by atomic mass is 10.2. The van der Waals surface area contributed by atoms with Gasteiger partial charge in [0.25, 0.3) is 0 Å². The summed E-state index contributed by atoms with van der Waals surface area (Å²) in [5.74, 6) is -0.499. The van der Waals surface area contributed by atoms with Crippen molar-refractivity contribution in [3.05, 3.63) is 24.3 Å². The number of hydrogen-bond acceptors (Lipinski definition) is 3. The first-order valence-electron chi connectivity index (χ1n) is 4.21. The van der Waals surface area contributed by atoms with E-state index >= 15 is 0 Å². The molecule has 0 radical (unpaired) electrons. The molecule has 0 aliphatic rings. The quantitative estimate of drug-likeness (QED) is 0.695. The molecule has 1 unspecified atom stereocenters. The number of rotatable bonds is 4. The van der Waals surface area contributed by atoms with Gasteiger partial charge in [0.2, 0.25) is 5.95 Å². The fourth-order valence-electron chi connectivity index (χ4n) is 1.04. The van der Waals surface area contributed by atoms with Crippen LogP contribution in [0.4, 0.5) is 10.1 Å². The maximum atomic E-state index is 12.6. The Kier molecular flexibility index (Phi) is 3.64. The Morgan fingerprint density at radius 2 is 2.46 bits per heavy atom. The van der Waals surface area contributed by atoms with Gasteiger partial charge in [-0.15, -0.1) is 0 Å². The molecular formula is C9H13FN2O. The van der Waals surface area contributed by atoms with E-state index in [4.69, 9.17) is 5.11 Å². The summed E-state index contributed by atoms with van der Waals surface area (Å²) < 4.78 is 12.6. The highest BCUT2D eigenvalue weighted by Gasteiger charge is 2.01. The van der Waals surface area contributed by atoms with E-state index in [1.165, 1.54) is 12.3 Å². The third-order valence-corrected chi connectivity index (χ3v) is 1.70. The molecule has 0 aliphatic carbocycles. The van der Waals surface area contributed by atoms with Gasteiger partial charge in [-0.05, 0) is 19.4 Å². The van der Waals surface area contributed by atoms with E-state index in [2.05, 4.69) is 10.3 Å². The maximum absolute atomic E-state index is 12.6. The number of aliphatic hydroxyl groups is 1. The fraction of sp³-hybridized carbons (Fsp3) is 0.444. The van der Waals surface area contributed by atoms with Crippen LogP contribution in [-0.2, 0) is 0 Å². The van der Waals surface area contributed by atoms with Gasteiger partial charge >= 0.3 is 0 Å². The number of nitrogens with one attached hydrogen (secondary N) is 1. The molecule has 1 aromatic rings. The molecule has 4 heteroatoms. The van der Waals surface area contributed by atoms with Crippen molar-refractivity contribution in [1.82, 2.24) is 4.98 Å². The highest BCUT2D eigenvalue weighted by molar-refractivity contribution is 5.41. The first-order valence-corrected chi connectivity index (χ1v) is 4.21. The molecule has 0 amide bonds. The highest BCUT2D eigenvalue weighted by Crippen LogP contribution is 2.09. The van der Waals surface area contributed by atoms with Gasteiger partial charge in [0, 0.05) is 30.6 Å². The van der Waals surface area contributed by atoms with E-state index < -0.39 is 5.95 Å². The third-order valence-electron chi connectivity index (χ3n) is 1.70. The van der Waals surface area contributed by atoms with Crippen LogP contribution in [0.25, 0.3) is 0 Å². The summed E-state index contributed by atoms with van der Waals surface area (Å²) in [4.78, 5) is 3.44. The van der Waals surface area contributed by atoms with Crippen LogP contribution in [0.15, 0.2) is 18.3 Å². The molecule has 13 heavy (non-hydrogen) atoms. The second-order valence-electron chi connectivity index (χ2n) is 2.92. The number of nitrogens with zero attached hydrogens (tertiary/aromatic N) is 1. The average molecular weight is 184 g/mol. The van der Waals surface area contributed by atoms with Gasteiger partial charge in [-0.3, -0.25) is 0 Å². The maximum Gasteiger partial charge on any atom is 0.214 e. The molecular weight excluding hydrogens is 171 g/mol. The largest absolute Gasteiger partial charge is 0.396 e. The minimum absolute atomic E-state index is 0.127. The molecule has 0 aromatic carbocycles. The number of pyridine rings is 1. The van der Waals surface area contributed by atoms with E-state index in [1.807, 2.05) is 6.92 Å². The molecule has 2 N–H and O–H groups in total. The summed E-state index contributed by atoms with van der Waals surface area (Å²) in [6.07, 6.45) is 2.05. The summed E-state index contributed by atoms with van der Waals surface area (Å²) in [6.45, 7) is 2.05. The van der Waals surface area contributed by atoms with Gasteiger partial charge in [0.05, 0.1) is 0 Å². The van der Waals surface area contributed by atoms with Crippen molar-refractivity contribution in [2.75, 3.05) is 11.9 Å². The van der Waals surface area contributed by atoms with E-state index in [0.717, 1.165) is 0 Å². The van der Waals surface area contributed by atoms with Gasteiger partial charge in [-0.1, -0.05) is 0 Å². The van der Waals surface area contributed by atoms with Crippen LogP contribution < -0.4 is 5.32 Å². The van der Waals surface area contributed by atoms with E-state index in [9.17, 15) is 4.39 Å². The van der Waals surface area contributed by atoms with Gasteiger partial charge in [-0.25, -0.2) is 4.98 Å². The van der Waals surface area contributed by atoms with Crippen LogP contribution in [0.2, 0.25) is 0 Å². The van der Waals surface area contributed by atoms with E-state index in [-0.39, 0.29) is 12.6 Å². The van der Waals surface area contributed by atoms with Crippen molar-refractivity contribution in [2.24, 2.45) is 0 Å². The predicted molar refractivity (Wildman–Crippen MR) is 49.0 cm³/mol. The zero-order valence-electron chi connectivity index (χ0n) is 7.50. The SMILES string of the molecule is CC(CCO)Nc1ccnc(F)c1. The Balaban J connectivity index is 2.53. The molecule has 72 valence electrons. The molecule has 1 aromatic heterocycles. The highest BCUT2D eigenvalue weighted by atomic mass is 19.1. The Labute approximate surface area is 76.6 Å². The van der Waals surface area contributed by atoms with Crippen molar-refractivity contribution >= 4 is 5.69 Å². The smallest absolute Gasteiger partial charge is 0.214 e. The minimum Gasteiger partial charge on any atom is -0.396 e. The lowest BCUT2D eigenvalue weighted by Crippen LogP contribution is -2.16. The zero-order valence-corrected chi connectivity index (χ0v) is 7.50. The van der Waals surface area contributed by atoms with Crippen molar-refractivity contribution < 1.29 is 9.50 Å². The van der Waals surface area contributed by atoms with E-state index in [0.29, 0.717) is 12.1 Å². The lowest BCUT2D eigenvalue weighted by Gasteiger charge is -2.13. The molecule has 0 bridgehead atoms. The molecule has 0 spiro atoms.